The van der Waals surface area contributed by atoms with Crippen LogP contribution in [0.5, 0.6) is 0 Å². The van der Waals surface area contributed by atoms with Gasteiger partial charge in [0.2, 0.25) is 5.13 Å². The molecule has 0 spiro atoms. The van der Waals surface area contributed by atoms with Gasteiger partial charge in [-0.2, -0.15) is 4.37 Å². The molecule has 1 unspecified atom stereocenters. The van der Waals surface area contributed by atoms with Gasteiger partial charge in [-0.15, -0.1) is 0 Å². The molecule has 2 heterocycles. The van der Waals surface area contributed by atoms with Crippen LogP contribution in [0.4, 0.5) is 9.93 Å². The maximum absolute atomic E-state index is 12.3. The van der Waals surface area contributed by atoms with Gasteiger partial charge in [0.15, 0.2) is 0 Å². The summed E-state index contributed by atoms with van der Waals surface area (Å²) in [6, 6.07) is 0.0936. The van der Waals surface area contributed by atoms with Crippen LogP contribution < -0.4 is 4.90 Å². The fourth-order valence-electron chi connectivity index (χ4n) is 2.54. The van der Waals surface area contributed by atoms with Crippen LogP contribution in [0.2, 0.25) is 0 Å². The molecular formula is C16H28N4O2S. The van der Waals surface area contributed by atoms with Crippen molar-refractivity contribution in [1.29, 1.82) is 0 Å². The summed E-state index contributed by atoms with van der Waals surface area (Å²) in [5, 5.41) is 0.955. The predicted molar refractivity (Wildman–Crippen MR) is 93.1 cm³/mol. The first kappa shape index (κ1) is 18.0. The van der Waals surface area contributed by atoms with E-state index in [-0.39, 0.29) is 12.1 Å². The van der Waals surface area contributed by atoms with Crippen LogP contribution in [0.3, 0.4) is 0 Å². The molecule has 0 N–H and O–H groups in total. The highest BCUT2D eigenvalue weighted by Gasteiger charge is 2.31. The Kier molecular flexibility index (Phi) is 5.49. The van der Waals surface area contributed by atoms with Crippen molar-refractivity contribution in [3.05, 3.63) is 5.82 Å². The van der Waals surface area contributed by atoms with E-state index in [1.807, 2.05) is 27.7 Å². The van der Waals surface area contributed by atoms with Gasteiger partial charge in [0.05, 0.1) is 0 Å². The van der Waals surface area contributed by atoms with Crippen molar-refractivity contribution in [1.82, 2.24) is 14.3 Å². The Labute approximate surface area is 143 Å². The second-order valence-corrected chi connectivity index (χ2v) is 8.29. The maximum Gasteiger partial charge on any atom is 0.410 e. The van der Waals surface area contributed by atoms with Crippen molar-refractivity contribution in [2.75, 3.05) is 24.5 Å². The van der Waals surface area contributed by atoms with Gasteiger partial charge in [-0.05, 0) is 33.6 Å². The van der Waals surface area contributed by atoms with Gasteiger partial charge >= 0.3 is 6.09 Å². The summed E-state index contributed by atoms with van der Waals surface area (Å²) in [6.45, 7) is 14.2. The number of anilines is 1. The fourth-order valence-corrected chi connectivity index (χ4v) is 3.27. The lowest BCUT2D eigenvalue weighted by Crippen LogP contribution is -2.55. The normalized spacial score (nSPS) is 19.3. The predicted octanol–water partition coefficient (Wildman–Crippen LogP) is 3.18. The van der Waals surface area contributed by atoms with E-state index in [0.29, 0.717) is 12.5 Å². The topological polar surface area (TPSA) is 58.6 Å². The fraction of sp³-hybridized carbons (Fsp3) is 0.812. The van der Waals surface area contributed by atoms with Gasteiger partial charge in [0.25, 0.3) is 0 Å². The quantitative estimate of drug-likeness (QED) is 0.846. The van der Waals surface area contributed by atoms with Crippen LogP contribution in [-0.4, -0.2) is 51.6 Å². The van der Waals surface area contributed by atoms with Crippen LogP contribution >= 0.6 is 11.5 Å². The number of rotatable bonds is 3. The third-order valence-electron chi connectivity index (χ3n) is 3.57. The Morgan fingerprint density at radius 2 is 2.09 bits per heavy atom. The zero-order valence-corrected chi connectivity index (χ0v) is 15.8. The smallest absolute Gasteiger partial charge is 0.410 e. The zero-order chi connectivity index (χ0) is 17.2. The molecule has 0 radical (unpaired) electrons. The zero-order valence-electron chi connectivity index (χ0n) is 15.0. The number of hydrogen-bond donors (Lipinski definition) is 0. The van der Waals surface area contributed by atoms with E-state index in [1.54, 1.807) is 4.90 Å². The Morgan fingerprint density at radius 3 is 2.65 bits per heavy atom. The highest BCUT2D eigenvalue weighted by atomic mass is 32.1. The molecule has 1 aliphatic rings. The number of ether oxygens (including phenoxy) is 1. The molecule has 1 amide bonds. The average Bonchev–Trinajstić information content (AvgIpc) is 2.83. The average molecular weight is 340 g/mol. The number of amides is 1. The molecule has 2 rings (SSSR count). The van der Waals surface area contributed by atoms with Crippen LogP contribution in [-0.2, 0) is 11.2 Å². The first-order valence-electron chi connectivity index (χ1n) is 8.23. The van der Waals surface area contributed by atoms with Crippen molar-refractivity contribution in [3.8, 4) is 0 Å². The summed E-state index contributed by atoms with van der Waals surface area (Å²) >= 11 is 1.45. The minimum absolute atomic E-state index is 0.0936. The van der Waals surface area contributed by atoms with E-state index >= 15 is 0 Å². The van der Waals surface area contributed by atoms with Crippen molar-refractivity contribution < 1.29 is 9.53 Å². The highest BCUT2D eigenvalue weighted by Crippen LogP contribution is 2.23. The van der Waals surface area contributed by atoms with Crippen molar-refractivity contribution in [3.63, 3.8) is 0 Å². The highest BCUT2D eigenvalue weighted by molar-refractivity contribution is 7.09. The molecule has 1 fully saturated rings. The molecule has 1 aliphatic heterocycles. The van der Waals surface area contributed by atoms with Gasteiger partial charge in [0, 0.05) is 43.6 Å². The van der Waals surface area contributed by atoms with Gasteiger partial charge in [0.1, 0.15) is 11.4 Å². The van der Waals surface area contributed by atoms with Crippen molar-refractivity contribution in [2.24, 2.45) is 5.92 Å². The number of nitrogens with zero attached hydrogens (tertiary/aromatic N) is 4. The first-order valence-corrected chi connectivity index (χ1v) is 9.00. The molecule has 23 heavy (non-hydrogen) atoms. The van der Waals surface area contributed by atoms with Crippen LogP contribution in [0.1, 0.15) is 47.4 Å². The first-order chi connectivity index (χ1) is 10.7. The summed E-state index contributed by atoms with van der Waals surface area (Å²) in [4.78, 5) is 20.9. The number of hydrogen-bond acceptors (Lipinski definition) is 6. The molecule has 6 nitrogen and oxygen atoms in total. The molecular weight excluding hydrogens is 312 g/mol. The lowest BCUT2D eigenvalue weighted by molar-refractivity contribution is 0.0159. The third-order valence-corrected chi connectivity index (χ3v) is 4.39. The van der Waals surface area contributed by atoms with Crippen molar-refractivity contribution >= 4 is 22.8 Å². The van der Waals surface area contributed by atoms with Gasteiger partial charge in [-0.1, -0.05) is 13.8 Å². The van der Waals surface area contributed by atoms with E-state index in [1.165, 1.54) is 11.5 Å². The number of aromatic nitrogens is 2. The van der Waals surface area contributed by atoms with Gasteiger partial charge in [-0.25, -0.2) is 9.78 Å². The maximum atomic E-state index is 12.3. The monoisotopic (exact) mass is 340 g/mol. The number of carbonyl (C=O) groups is 1. The summed E-state index contributed by atoms with van der Waals surface area (Å²) < 4.78 is 9.92. The second-order valence-electron chi connectivity index (χ2n) is 7.56. The number of carbonyl (C=O) groups excluding carboxylic acids is 1. The van der Waals surface area contributed by atoms with E-state index in [2.05, 4.69) is 28.1 Å². The molecule has 1 aromatic heterocycles. The molecule has 0 bridgehead atoms. The van der Waals surface area contributed by atoms with Gasteiger partial charge < -0.3 is 14.5 Å². The van der Waals surface area contributed by atoms with E-state index in [0.717, 1.165) is 30.5 Å². The molecule has 0 aliphatic carbocycles. The SMILES string of the molecule is CC(C)Cc1nsc(N2CCN(C(=O)OC(C)(C)C)C(C)C2)n1. The third kappa shape index (κ3) is 5.06. The summed E-state index contributed by atoms with van der Waals surface area (Å²) in [5.41, 5.74) is -0.459. The Bertz CT molecular complexity index is 538. The van der Waals surface area contributed by atoms with E-state index in [9.17, 15) is 4.79 Å². The van der Waals surface area contributed by atoms with E-state index < -0.39 is 5.60 Å². The lowest BCUT2D eigenvalue weighted by Gasteiger charge is -2.39. The van der Waals surface area contributed by atoms with Gasteiger partial charge in [-0.3, -0.25) is 0 Å². The van der Waals surface area contributed by atoms with Crippen LogP contribution in [0, 0.1) is 5.92 Å². The van der Waals surface area contributed by atoms with Crippen molar-refractivity contribution in [2.45, 2.75) is 59.6 Å². The Balaban J connectivity index is 1.95. The molecule has 7 heteroatoms. The molecule has 0 saturated carbocycles. The summed E-state index contributed by atoms with van der Waals surface area (Å²) in [7, 11) is 0. The standard InChI is InChI=1S/C16H28N4O2S/c1-11(2)9-13-17-14(23-18-13)19-7-8-20(12(3)10-19)15(21)22-16(4,5)6/h11-12H,7-10H2,1-6H3. The summed E-state index contributed by atoms with van der Waals surface area (Å²) in [5.74, 6) is 1.47. The second kappa shape index (κ2) is 7.03. The lowest BCUT2D eigenvalue weighted by atomic mass is 10.1. The Hall–Kier alpha value is -1.37. The van der Waals surface area contributed by atoms with Crippen LogP contribution in [0.25, 0.3) is 0 Å². The molecule has 1 saturated heterocycles. The van der Waals surface area contributed by atoms with E-state index in [4.69, 9.17) is 4.74 Å². The summed E-state index contributed by atoms with van der Waals surface area (Å²) in [6.07, 6.45) is 0.673. The Morgan fingerprint density at radius 1 is 1.39 bits per heavy atom. The minimum Gasteiger partial charge on any atom is -0.444 e. The number of piperazine rings is 1. The minimum atomic E-state index is -0.459. The molecule has 130 valence electrons. The molecule has 0 aromatic carbocycles. The van der Waals surface area contributed by atoms with Crippen LogP contribution in [0.15, 0.2) is 0 Å². The molecule has 1 aromatic rings. The largest absolute Gasteiger partial charge is 0.444 e. The molecule has 1 atom stereocenters.